The summed E-state index contributed by atoms with van der Waals surface area (Å²) in [6, 6.07) is 9.54. The highest BCUT2D eigenvalue weighted by molar-refractivity contribution is 14.0. The van der Waals surface area contributed by atoms with E-state index in [1.165, 1.54) is 0 Å². The molecule has 1 aromatic heterocycles. The lowest BCUT2D eigenvalue weighted by atomic mass is 10.2. The van der Waals surface area contributed by atoms with Gasteiger partial charge >= 0.3 is 0 Å². The molecule has 24 heavy (non-hydrogen) atoms. The monoisotopic (exact) mass is 440 g/mol. The number of ether oxygens (including phenoxy) is 2. The van der Waals surface area contributed by atoms with Crippen LogP contribution in [0.2, 0.25) is 0 Å². The number of nitrogens with one attached hydrogen (secondary N) is 1. The average Bonchev–Trinajstić information content (AvgIpc) is 2.79. The molecule has 0 fully saturated rings. The smallest absolute Gasteiger partial charge is 0.193 e. The molecule has 7 heteroatoms. The Labute approximate surface area is 158 Å². The summed E-state index contributed by atoms with van der Waals surface area (Å²) in [5, 5.41) is 3.07. The summed E-state index contributed by atoms with van der Waals surface area (Å²) >= 11 is 0. The summed E-state index contributed by atoms with van der Waals surface area (Å²) in [5.41, 5.74) is 8.77. The number of aromatic nitrogens is 1. The molecule has 0 unspecified atom stereocenters. The van der Waals surface area contributed by atoms with Crippen LogP contribution in [0, 0.1) is 6.92 Å². The minimum Gasteiger partial charge on any atom is -0.490 e. The van der Waals surface area contributed by atoms with Gasteiger partial charge in [0.2, 0.25) is 0 Å². The fourth-order valence-corrected chi connectivity index (χ4v) is 2.27. The van der Waals surface area contributed by atoms with E-state index in [9.17, 15) is 0 Å². The van der Waals surface area contributed by atoms with Crippen LogP contribution in [0.5, 0.6) is 11.5 Å². The van der Waals surface area contributed by atoms with E-state index in [2.05, 4.69) is 15.3 Å². The van der Waals surface area contributed by atoms with Gasteiger partial charge in [-0.1, -0.05) is 6.07 Å². The van der Waals surface area contributed by atoms with Gasteiger partial charge in [0.15, 0.2) is 17.5 Å². The van der Waals surface area contributed by atoms with Crippen LogP contribution in [-0.4, -0.2) is 24.2 Å². The first kappa shape index (κ1) is 18.3. The van der Waals surface area contributed by atoms with E-state index in [0.717, 1.165) is 34.9 Å². The van der Waals surface area contributed by atoms with Crippen LogP contribution in [-0.2, 0) is 6.54 Å². The molecule has 6 nitrogen and oxygen atoms in total. The summed E-state index contributed by atoms with van der Waals surface area (Å²) < 4.78 is 11.3. The number of fused-ring (bicyclic) bond motifs is 1. The van der Waals surface area contributed by atoms with E-state index in [1.54, 1.807) is 6.20 Å². The van der Waals surface area contributed by atoms with Crippen LogP contribution in [0.1, 0.15) is 17.7 Å². The predicted octanol–water partition coefficient (Wildman–Crippen LogP) is 3.10. The van der Waals surface area contributed by atoms with Gasteiger partial charge in [0, 0.05) is 24.4 Å². The van der Waals surface area contributed by atoms with Gasteiger partial charge in [0.25, 0.3) is 0 Å². The van der Waals surface area contributed by atoms with Crippen LogP contribution < -0.4 is 20.5 Å². The standard InChI is InChI=1S/C17H20N4O2.HI/c1-12-4-2-7-19-14(12)11-20-17(18)21-13-5-6-15-16(10-13)23-9-3-8-22-15;/h2,4-7,10H,3,8-9,11H2,1H3,(H3,18,20,21);1H. The Morgan fingerprint density at radius 2 is 2.04 bits per heavy atom. The summed E-state index contributed by atoms with van der Waals surface area (Å²) in [5.74, 6) is 1.82. The zero-order valence-electron chi connectivity index (χ0n) is 13.5. The third-order valence-electron chi connectivity index (χ3n) is 3.54. The SMILES string of the molecule is Cc1cccnc1CN=C(N)Nc1ccc2c(c1)OCCCO2.I. The number of benzene rings is 1. The van der Waals surface area contributed by atoms with Crippen LogP contribution in [0.15, 0.2) is 41.5 Å². The van der Waals surface area contributed by atoms with Crippen molar-refractivity contribution in [2.45, 2.75) is 19.9 Å². The minimum atomic E-state index is 0. The first-order valence-corrected chi connectivity index (χ1v) is 7.59. The Balaban J connectivity index is 0.00000208. The largest absolute Gasteiger partial charge is 0.490 e. The zero-order chi connectivity index (χ0) is 16.1. The van der Waals surface area contributed by atoms with Gasteiger partial charge in [-0.2, -0.15) is 0 Å². The maximum absolute atomic E-state index is 5.95. The van der Waals surface area contributed by atoms with E-state index in [-0.39, 0.29) is 24.0 Å². The second-order valence-corrected chi connectivity index (χ2v) is 5.31. The number of anilines is 1. The molecule has 128 valence electrons. The molecule has 0 spiro atoms. The molecule has 0 amide bonds. The minimum absolute atomic E-state index is 0. The topological polar surface area (TPSA) is 81.8 Å². The Morgan fingerprint density at radius 3 is 2.83 bits per heavy atom. The second-order valence-electron chi connectivity index (χ2n) is 5.31. The molecule has 0 saturated heterocycles. The van der Waals surface area contributed by atoms with Crippen molar-refractivity contribution in [3.05, 3.63) is 47.8 Å². The van der Waals surface area contributed by atoms with Crippen LogP contribution in [0.4, 0.5) is 5.69 Å². The van der Waals surface area contributed by atoms with Crippen LogP contribution >= 0.6 is 24.0 Å². The number of nitrogens with zero attached hydrogens (tertiary/aromatic N) is 2. The maximum atomic E-state index is 5.95. The number of aryl methyl sites for hydroxylation is 1. The van der Waals surface area contributed by atoms with Crippen molar-refractivity contribution in [1.29, 1.82) is 0 Å². The number of nitrogens with two attached hydrogens (primary N) is 1. The molecule has 0 saturated carbocycles. The molecule has 0 aliphatic carbocycles. The molecule has 3 rings (SSSR count). The van der Waals surface area contributed by atoms with Crippen molar-refractivity contribution in [2.24, 2.45) is 10.7 Å². The molecule has 2 aromatic rings. The number of halogens is 1. The summed E-state index contributed by atoms with van der Waals surface area (Å²) in [6.45, 7) is 3.77. The van der Waals surface area contributed by atoms with Gasteiger partial charge in [-0.3, -0.25) is 4.98 Å². The van der Waals surface area contributed by atoms with Crippen molar-refractivity contribution in [3.8, 4) is 11.5 Å². The molecule has 3 N–H and O–H groups in total. The first-order valence-electron chi connectivity index (χ1n) is 7.59. The fourth-order valence-electron chi connectivity index (χ4n) is 2.27. The lowest BCUT2D eigenvalue weighted by Crippen LogP contribution is -2.22. The molecular formula is C17H21IN4O2. The third-order valence-corrected chi connectivity index (χ3v) is 3.54. The Kier molecular flexibility index (Phi) is 6.65. The van der Waals surface area contributed by atoms with Crippen molar-refractivity contribution in [3.63, 3.8) is 0 Å². The van der Waals surface area contributed by atoms with Crippen LogP contribution in [0.25, 0.3) is 0 Å². The fraction of sp³-hybridized carbons (Fsp3) is 0.294. The molecule has 1 aliphatic rings. The van der Waals surface area contributed by atoms with E-state index in [1.807, 2.05) is 37.3 Å². The summed E-state index contributed by atoms with van der Waals surface area (Å²) in [7, 11) is 0. The van der Waals surface area contributed by atoms with Crippen LogP contribution in [0.3, 0.4) is 0 Å². The molecule has 1 aromatic carbocycles. The molecule has 0 bridgehead atoms. The molecule has 0 atom stereocenters. The lowest BCUT2D eigenvalue weighted by molar-refractivity contribution is 0.297. The zero-order valence-corrected chi connectivity index (χ0v) is 15.8. The van der Waals surface area contributed by atoms with Gasteiger partial charge in [-0.05, 0) is 30.7 Å². The van der Waals surface area contributed by atoms with E-state index < -0.39 is 0 Å². The third kappa shape index (κ3) is 4.73. The molecule has 0 radical (unpaired) electrons. The van der Waals surface area contributed by atoms with Gasteiger partial charge in [-0.15, -0.1) is 24.0 Å². The lowest BCUT2D eigenvalue weighted by Gasteiger charge is -2.11. The van der Waals surface area contributed by atoms with Crippen molar-refractivity contribution < 1.29 is 9.47 Å². The van der Waals surface area contributed by atoms with Crippen molar-refractivity contribution in [2.75, 3.05) is 18.5 Å². The normalized spacial score (nSPS) is 13.6. The highest BCUT2D eigenvalue weighted by Gasteiger charge is 2.10. The van der Waals surface area contributed by atoms with Gasteiger partial charge < -0.3 is 20.5 Å². The van der Waals surface area contributed by atoms with Crippen molar-refractivity contribution in [1.82, 2.24) is 4.98 Å². The Bertz CT molecular complexity index is 721. The van der Waals surface area contributed by atoms with Gasteiger partial charge in [0.05, 0.1) is 25.5 Å². The number of hydrogen-bond acceptors (Lipinski definition) is 4. The Morgan fingerprint density at radius 1 is 1.25 bits per heavy atom. The predicted molar refractivity (Wildman–Crippen MR) is 105 cm³/mol. The number of rotatable bonds is 3. The van der Waals surface area contributed by atoms with Crippen molar-refractivity contribution >= 4 is 35.6 Å². The number of hydrogen-bond donors (Lipinski definition) is 2. The number of guanidine groups is 1. The van der Waals surface area contributed by atoms with E-state index in [4.69, 9.17) is 15.2 Å². The molecule has 1 aliphatic heterocycles. The summed E-state index contributed by atoms with van der Waals surface area (Å²) in [6.07, 6.45) is 2.63. The van der Waals surface area contributed by atoms with Gasteiger partial charge in [-0.25, -0.2) is 4.99 Å². The Hall–Kier alpha value is -2.03. The van der Waals surface area contributed by atoms with E-state index in [0.29, 0.717) is 25.7 Å². The number of pyridine rings is 1. The summed E-state index contributed by atoms with van der Waals surface area (Å²) in [4.78, 5) is 8.63. The van der Waals surface area contributed by atoms with Gasteiger partial charge in [0.1, 0.15) is 0 Å². The molecule has 2 heterocycles. The maximum Gasteiger partial charge on any atom is 0.193 e. The second kappa shape index (κ2) is 8.72. The number of aliphatic imine (C=N–C) groups is 1. The molecular weight excluding hydrogens is 419 g/mol. The quantitative estimate of drug-likeness (QED) is 0.436. The van der Waals surface area contributed by atoms with E-state index >= 15 is 0 Å². The highest BCUT2D eigenvalue weighted by Crippen LogP contribution is 2.32. The average molecular weight is 440 g/mol. The first-order chi connectivity index (χ1) is 11.2. The highest BCUT2D eigenvalue weighted by atomic mass is 127.